The summed E-state index contributed by atoms with van der Waals surface area (Å²) in [5.74, 6) is 0.420. The maximum absolute atomic E-state index is 11.1. The van der Waals surface area contributed by atoms with E-state index in [9.17, 15) is 13.0 Å². The van der Waals surface area contributed by atoms with E-state index in [0.717, 1.165) is 36.6 Å². The Morgan fingerprint density at radius 2 is 1.97 bits per heavy atom. The molecule has 156 valence electrons. The molecule has 0 bridgehead atoms. The molecule has 2 aromatic heterocycles. The second-order valence-electron chi connectivity index (χ2n) is 6.68. The lowest BCUT2D eigenvalue weighted by Crippen LogP contribution is -2.36. The van der Waals surface area contributed by atoms with Crippen LogP contribution in [0.4, 0.5) is 0 Å². The number of halogens is 1. The number of hydrogen-bond acceptors (Lipinski definition) is 6. The van der Waals surface area contributed by atoms with Crippen molar-refractivity contribution in [3.8, 4) is 5.75 Å². The fraction of sp³-hybridized carbons (Fsp3) is 0.190. The number of benzene rings is 2. The average Bonchev–Trinajstić information content (AvgIpc) is 3.30. The number of thiazole rings is 1. The van der Waals surface area contributed by atoms with Crippen molar-refractivity contribution in [3.63, 3.8) is 0 Å². The first-order valence-electron chi connectivity index (χ1n) is 9.13. The van der Waals surface area contributed by atoms with Crippen LogP contribution in [0.25, 0.3) is 32.5 Å². The number of aromatic nitrogens is 1. The molecule has 0 unspecified atom stereocenters. The second kappa shape index (κ2) is 8.64. The van der Waals surface area contributed by atoms with Gasteiger partial charge in [-0.25, -0.2) is 8.42 Å². The van der Waals surface area contributed by atoms with Crippen molar-refractivity contribution >= 4 is 76.8 Å². The van der Waals surface area contributed by atoms with Gasteiger partial charge in [0.1, 0.15) is 15.1 Å². The monoisotopic (exact) mass is 479 g/mol. The lowest BCUT2D eigenvalue weighted by molar-refractivity contribution is -0.667. The zero-order valence-electron chi connectivity index (χ0n) is 16.0. The number of rotatable bonds is 7. The summed E-state index contributed by atoms with van der Waals surface area (Å²) in [6.45, 7) is 0.432. The number of fused-ring (bicyclic) bond motifs is 3. The van der Waals surface area contributed by atoms with Crippen molar-refractivity contribution in [2.75, 3.05) is 12.9 Å². The van der Waals surface area contributed by atoms with Crippen molar-refractivity contribution in [2.45, 2.75) is 13.0 Å². The summed E-state index contributed by atoms with van der Waals surface area (Å²) in [5, 5.41) is 4.67. The molecular weight excluding hydrogens is 462 g/mol. The smallest absolute Gasteiger partial charge is 0.262 e. The molecule has 0 saturated heterocycles. The van der Waals surface area contributed by atoms with Crippen LogP contribution in [0.2, 0.25) is 5.02 Å². The highest BCUT2D eigenvalue weighted by molar-refractivity contribution is 7.85. The quantitative estimate of drug-likeness (QED) is 0.271. The van der Waals surface area contributed by atoms with E-state index >= 15 is 0 Å². The maximum atomic E-state index is 11.1. The van der Waals surface area contributed by atoms with E-state index in [0.29, 0.717) is 11.6 Å². The molecule has 0 atom stereocenters. The molecule has 0 spiro atoms. The van der Waals surface area contributed by atoms with E-state index < -0.39 is 10.1 Å². The summed E-state index contributed by atoms with van der Waals surface area (Å²) in [6.07, 6.45) is 4.25. The van der Waals surface area contributed by atoms with Crippen molar-refractivity contribution in [2.24, 2.45) is 0 Å². The van der Waals surface area contributed by atoms with Crippen molar-refractivity contribution in [3.05, 3.63) is 57.4 Å². The third-order valence-corrected chi connectivity index (χ3v) is 7.73. The molecule has 4 rings (SSSR count). The van der Waals surface area contributed by atoms with Gasteiger partial charge in [-0.1, -0.05) is 35.1 Å². The predicted octanol–water partition coefficient (Wildman–Crippen LogP) is 5.17. The van der Waals surface area contributed by atoms with E-state index in [1.807, 2.05) is 53.9 Å². The van der Waals surface area contributed by atoms with Crippen LogP contribution < -0.4 is 9.30 Å². The highest BCUT2D eigenvalue weighted by atomic mass is 35.5. The molecule has 9 heteroatoms. The van der Waals surface area contributed by atoms with Gasteiger partial charge >= 0.3 is 0 Å². The number of methoxy groups -OCH3 is 1. The van der Waals surface area contributed by atoms with Crippen LogP contribution in [-0.2, 0) is 16.7 Å². The minimum Gasteiger partial charge on any atom is -0.748 e. The molecule has 0 radical (unpaired) electrons. The highest BCUT2D eigenvalue weighted by Crippen LogP contribution is 2.38. The molecule has 0 fully saturated rings. The minimum atomic E-state index is -4.25. The van der Waals surface area contributed by atoms with E-state index in [1.165, 1.54) is 0 Å². The third-order valence-electron chi connectivity index (χ3n) is 4.68. The van der Waals surface area contributed by atoms with Gasteiger partial charge in [0.15, 0.2) is 6.54 Å². The fourth-order valence-corrected chi connectivity index (χ4v) is 6.10. The van der Waals surface area contributed by atoms with Crippen molar-refractivity contribution in [1.82, 2.24) is 0 Å². The first kappa shape index (κ1) is 21.3. The maximum Gasteiger partial charge on any atom is 0.262 e. The van der Waals surface area contributed by atoms with Crippen LogP contribution >= 0.6 is 34.3 Å². The predicted molar refractivity (Wildman–Crippen MR) is 124 cm³/mol. The first-order valence-corrected chi connectivity index (χ1v) is 12.8. The molecule has 0 amide bonds. The highest BCUT2D eigenvalue weighted by Gasteiger charge is 2.24. The van der Waals surface area contributed by atoms with Gasteiger partial charge in [-0.15, -0.1) is 11.3 Å². The van der Waals surface area contributed by atoms with Crippen LogP contribution in [0.5, 0.6) is 5.75 Å². The summed E-state index contributed by atoms with van der Waals surface area (Å²) in [7, 11) is -2.60. The topological polar surface area (TPSA) is 70.3 Å². The van der Waals surface area contributed by atoms with Gasteiger partial charge in [-0.2, -0.15) is 4.57 Å². The van der Waals surface area contributed by atoms with Gasteiger partial charge in [-0.05, 0) is 35.2 Å². The number of aryl methyl sites for hydroxylation is 1. The normalized spacial score (nSPS) is 12.4. The summed E-state index contributed by atoms with van der Waals surface area (Å²) in [5.41, 5.74) is 2.04. The Balaban J connectivity index is 1.82. The Labute approximate surface area is 187 Å². The summed E-state index contributed by atoms with van der Waals surface area (Å²) in [6, 6.07) is 11.6. The van der Waals surface area contributed by atoms with E-state index in [1.54, 1.807) is 29.8 Å². The van der Waals surface area contributed by atoms with Gasteiger partial charge in [0.05, 0.1) is 17.2 Å². The van der Waals surface area contributed by atoms with Crippen molar-refractivity contribution in [1.29, 1.82) is 0 Å². The lowest BCUT2D eigenvalue weighted by Gasteiger charge is -2.05. The Morgan fingerprint density at radius 1 is 1.20 bits per heavy atom. The molecule has 0 aliphatic heterocycles. The van der Waals surface area contributed by atoms with Crippen LogP contribution in [0.3, 0.4) is 0 Å². The molecule has 0 aliphatic carbocycles. The van der Waals surface area contributed by atoms with E-state index in [-0.39, 0.29) is 12.2 Å². The number of thiophene rings is 1. The first-order chi connectivity index (χ1) is 14.4. The molecule has 0 saturated carbocycles. The largest absolute Gasteiger partial charge is 0.748 e. The fourth-order valence-electron chi connectivity index (χ4n) is 3.33. The van der Waals surface area contributed by atoms with Crippen LogP contribution in [0, 0.1) is 0 Å². The molecule has 4 aromatic rings. The van der Waals surface area contributed by atoms with Crippen LogP contribution in [0.15, 0.2) is 41.8 Å². The molecule has 0 aliphatic rings. The zero-order valence-corrected chi connectivity index (χ0v) is 19.2. The molecule has 5 nitrogen and oxygen atoms in total. The molecule has 30 heavy (non-hydrogen) atoms. The Hall–Kier alpha value is -1.97. The average molecular weight is 480 g/mol. The Bertz CT molecular complexity index is 1340. The second-order valence-corrected chi connectivity index (χ2v) is 10.6. The van der Waals surface area contributed by atoms with Gasteiger partial charge in [-0.3, -0.25) is 0 Å². The number of hydrogen-bond donors (Lipinski definition) is 0. The molecule has 0 N–H and O–H groups in total. The van der Waals surface area contributed by atoms with Gasteiger partial charge in [0, 0.05) is 34.7 Å². The standard InChI is InChI=1S/C21H18ClNO4S3/c1-27-17-13-18-20(21-16(17)9-11-28-21)23(10-2-12-30(24,25)26)19(29-18)8-5-14-3-6-15(22)7-4-14/h3-9,11,13H,2,10,12H2,1H3/b8-5+. The number of nitrogens with zero attached hydrogens (tertiary/aromatic N) is 1. The molecule has 2 aromatic carbocycles. The van der Waals surface area contributed by atoms with Gasteiger partial charge in [0.25, 0.3) is 5.01 Å². The molecular formula is C21H18ClNO4S3. The summed E-state index contributed by atoms with van der Waals surface area (Å²) >= 11 is 9.18. The third kappa shape index (κ3) is 4.53. The van der Waals surface area contributed by atoms with Crippen LogP contribution in [-0.4, -0.2) is 25.8 Å². The lowest BCUT2D eigenvalue weighted by atomic mass is 10.2. The van der Waals surface area contributed by atoms with Gasteiger partial charge < -0.3 is 9.29 Å². The Morgan fingerprint density at radius 3 is 2.67 bits per heavy atom. The van der Waals surface area contributed by atoms with Crippen molar-refractivity contribution < 1.29 is 22.3 Å². The molecule has 2 heterocycles. The summed E-state index contributed by atoms with van der Waals surface area (Å²) in [4.78, 5) is 0. The van der Waals surface area contributed by atoms with Crippen LogP contribution in [0.1, 0.15) is 17.0 Å². The number of ether oxygens (including phenoxy) is 1. The Kier molecular flexibility index (Phi) is 6.13. The zero-order chi connectivity index (χ0) is 21.3. The van der Waals surface area contributed by atoms with E-state index in [4.69, 9.17) is 16.3 Å². The van der Waals surface area contributed by atoms with Gasteiger partial charge in [0.2, 0.25) is 5.52 Å². The summed E-state index contributed by atoms with van der Waals surface area (Å²) < 4.78 is 43.1. The minimum absolute atomic E-state index is 0.253. The van der Waals surface area contributed by atoms with E-state index in [2.05, 4.69) is 4.57 Å². The SMILES string of the molecule is COc1cc2sc(/C=C/c3ccc(Cl)cc3)[n+](CCCS(=O)(=O)[O-])c2c2sccc12.